The summed E-state index contributed by atoms with van der Waals surface area (Å²) in [6.45, 7) is 4.04. The molecule has 3 fully saturated rings. The summed E-state index contributed by atoms with van der Waals surface area (Å²) in [7, 11) is 4.22. The molecule has 19 heavy (non-hydrogen) atoms. The zero-order chi connectivity index (χ0) is 13.7. The standard InChI is InChI=1S/C15H27N3O/c1-9-7-18(8-12(9)17(2)3)15(19)13-10-4-5-11(6-10)14(13)16/h9-14H,4-8,16H2,1-3H3. The van der Waals surface area contributed by atoms with Crippen LogP contribution in [0.4, 0.5) is 0 Å². The number of carbonyl (C=O) groups excluding carboxylic acids is 1. The lowest BCUT2D eigenvalue weighted by Gasteiger charge is -2.31. The van der Waals surface area contributed by atoms with E-state index in [2.05, 4.69) is 30.8 Å². The Morgan fingerprint density at radius 2 is 1.89 bits per heavy atom. The van der Waals surface area contributed by atoms with E-state index in [0.717, 1.165) is 13.1 Å². The summed E-state index contributed by atoms with van der Waals surface area (Å²) in [5, 5.41) is 0. The maximum absolute atomic E-state index is 12.8. The fourth-order valence-corrected chi connectivity index (χ4v) is 4.71. The third kappa shape index (κ3) is 2.09. The number of carbonyl (C=O) groups is 1. The molecule has 4 heteroatoms. The Bertz CT molecular complexity index is 368. The minimum atomic E-state index is 0.117. The molecule has 3 rings (SSSR count). The Morgan fingerprint density at radius 3 is 2.42 bits per heavy atom. The molecule has 2 bridgehead atoms. The Hall–Kier alpha value is -0.610. The van der Waals surface area contributed by atoms with Gasteiger partial charge >= 0.3 is 0 Å². The normalized spacial score (nSPS) is 45.4. The van der Waals surface area contributed by atoms with Crippen LogP contribution in [0.3, 0.4) is 0 Å². The maximum atomic E-state index is 12.8. The summed E-state index contributed by atoms with van der Waals surface area (Å²) < 4.78 is 0. The molecule has 2 N–H and O–H groups in total. The first kappa shape index (κ1) is 13.4. The van der Waals surface area contributed by atoms with E-state index in [0.29, 0.717) is 29.7 Å². The molecule has 2 saturated carbocycles. The average molecular weight is 265 g/mol. The third-order valence-corrected chi connectivity index (χ3v) is 5.81. The SMILES string of the molecule is CC1CN(C(=O)C2C3CCC(C3)C2N)CC1N(C)C. The van der Waals surface area contributed by atoms with E-state index in [-0.39, 0.29) is 12.0 Å². The molecule has 3 aliphatic rings. The van der Waals surface area contributed by atoms with E-state index in [1.54, 1.807) is 0 Å². The molecule has 6 unspecified atom stereocenters. The van der Waals surface area contributed by atoms with E-state index in [1.807, 2.05) is 0 Å². The highest BCUT2D eigenvalue weighted by molar-refractivity contribution is 5.81. The number of likely N-dealkylation sites (tertiary alicyclic amines) is 1. The molecule has 2 aliphatic carbocycles. The lowest BCUT2D eigenvalue weighted by atomic mass is 9.84. The summed E-state index contributed by atoms with van der Waals surface area (Å²) in [6.07, 6.45) is 3.65. The largest absolute Gasteiger partial charge is 0.340 e. The summed E-state index contributed by atoms with van der Waals surface area (Å²) in [5.74, 6) is 2.21. The number of hydrogen-bond acceptors (Lipinski definition) is 3. The fourth-order valence-electron chi connectivity index (χ4n) is 4.71. The Balaban J connectivity index is 1.69. The van der Waals surface area contributed by atoms with Gasteiger partial charge in [0, 0.05) is 25.2 Å². The van der Waals surface area contributed by atoms with Crippen LogP contribution in [-0.2, 0) is 4.79 Å². The van der Waals surface area contributed by atoms with Crippen LogP contribution in [0.2, 0.25) is 0 Å². The van der Waals surface area contributed by atoms with Crippen molar-refractivity contribution in [2.24, 2.45) is 29.4 Å². The molecule has 1 saturated heterocycles. The van der Waals surface area contributed by atoms with Crippen LogP contribution >= 0.6 is 0 Å². The lowest BCUT2D eigenvalue weighted by Crippen LogP contribution is -2.47. The summed E-state index contributed by atoms with van der Waals surface area (Å²) >= 11 is 0. The molecule has 1 aliphatic heterocycles. The minimum Gasteiger partial charge on any atom is -0.340 e. The van der Waals surface area contributed by atoms with Gasteiger partial charge in [0.15, 0.2) is 0 Å². The maximum Gasteiger partial charge on any atom is 0.227 e. The van der Waals surface area contributed by atoms with Crippen LogP contribution < -0.4 is 5.73 Å². The number of hydrogen-bond donors (Lipinski definition) is 1. The number of rotatable bonds is 2. The van der Waals surface area contributed by atoms with Crippen LogP contribution in [0.25, 0.3) is 0 Å². The summed E-state index contributed by atoms with van der Waals surface area (Å²) in [6, 6.07) is 0.624. The molecule has 0 aromatic carbocycles. The highest BCUT2D eigenvalue weighted by Crippen LogP contribution is 2.48. The molecule has 0 radical (unpaired) electrons. The van der Waals surface area contributed by atoms with Gasteiger partial charge < -0.3 is 15.5 Å². The summed E-state index contributed by atoms with van der Waals surface area (Å²) in [5.41, 5.74) is 6.30. The summed E-state index contributed by atoms with van der Waals surface area (Å²) in [4.78, 5) is 17.1. The van der Waals surface area contributed by atoms with Crippen molar-refractivity contribution < 1.29 is 4.79 Å². The second-order valence-corrected chi connectivity index (χ2v) is 7.19. The van der Waals surface area contributed by atoms with Gasteiger partial charge in [-0.1, -0.05) is 6.92 Å². The molecule has 1 amide bonds. The molecule has 1 heterocycles. The Morgan fingerprint density at radius 1 is 1.21 bits per heavy atom. The van der Waals surface area contributed by atoms with Gasteiger partial charge in [0.2, 0.25) is 5.91 Å². The van der Waals surface area contributed by atoms with Gasteiger partial charge in [0.1, 0.15) is 0 Å². The van der Waals surface area contributed by atoms with Crippen molar-refractivity contribution in [1.29, 1.82) is 0 Å². The van der Waals surface area contributed by atoms with E-state index in [4.69, 9.17) is 5.73 Å². The number of nitrogens with zero attached hydrogens (tertiary/aromatic N) is 2. The van der Waals surface area contributed by atoms with Gasteiger partial charge in [-0.25, -0.2) is 0 Å². The first-order chi connectivity index (χ1) is 8.99. The van der Waals surface area contributed by atoms with Gasteiger partial charge in [-0.2, -0.15) is 0 Å². The minimum absolute atomic E-state index is 0.117. The van der Waals surface area contributed by atoms with Crippen molar-refractivity contribution in [1.82, 2.24) is 9.80 Å². The molecular formula is C15H27N3O. The molecule has 0 aromatic heterocycles. The predicted octanol–water partition coefficient (Wildman–Crippen LogP) is 0.768. The first-order valence-corrected chi connectivity index (χ1v) is 7.69. The van der Waals surface area contributed by atoms with Crippen LogP contribution in [0.5, 0.6) is 0 Å². The first-order valence-electron chi connectivity index (χ1n) is 7.69. The smallest absolute Gasteiger partial charge is 0.227 e. The number of amides is 1. The number of nitrogens with two attached hydrogens (primary N) is 1. The topological polar surface area (TPSA) is 49.6 Å². The Labute approximate surface area is 116 Å². The highest BCUT2D eigenvalue weighted by Gasteiger charge is 2.51. The van der Waals surface area contributed by atoms with Crippen LogP contribution in [0.1, 0.15) is 26.2 Å². The van der Waals surface area contributed by atoms with Crippen LogP contribution in [-0.4, -0.2) is 55.0 Å². The quantitative estimate of drug-likeness (QED) is 0.802. The Kier molecular flexibility index (Phi) is 3.34. The molecule has 0 spiro atoms. The van der Waals surface area contributed by atoms with Gasteiger partial charge in [-0.15, -0.1) is 0 Å². The van der Waals surface area contributed by atoms with Crippen LogP contribution in [0.15, 0.2) is 0 Å². The molecule has 0 aromatic rings. The van der Waals surface area contributed by atoms with Crippen molar-refractivity contribution in [3.63, 3.8) is 0 Å². The average Bonchev–Trinajstić information content (AvgIpc) is 3.01. The van der Waals surface area contributed by atoms with Gasteiger partial charge in [0.25, 0.3) is 0 Å². The van der Waals surface area contributed by atoms with Crippen molar-refractivity contribution in [3.8, 4) is 0 Å². The molecule has 108 valence electrons. The predicted molar refractivity (Wildman–Crippen MR) is 75.5 cm³/mol. The number of likely N-dealkylation sites (N-methyl/N-ethyl adjacent to an activating group) is 1. The number of fused-ring (bicyclic) bond motifs is 2. The second kappa shape index (κ2) is 4.74. The molecule has 6 atom stereocenters. The molecule has 4 nitrogen and oxygen atoms in total. The van der Waals surface area contributed by atoms with Crippen LogP contribution in [0, 0.1) is 23.7 Å². The van der Waals surface area contributed by atoms with Gasteiger partial charge in [-0.3, -0.25) is 4.79 Å². The van der Waals surface area contributed by atoms with Crippen molar-refractivity contribution in [2.45, 2.75) is 38.3 Å². The van der Waals surface area contributed by atoms with E-state index in [1.165, 1.54) is 19.3 Å². The third-order valence-electron chi connectivity index (χ3n) is 5.81. The highest BCUT2D eigenvalue weighted by atomic mass is 16.2. The van der Waals surface area contributed by atoms with E-state index in [9.17, 15) is 4.79 Å². The second-order valence-electron chi connectivity index (χ2n) is 7.19. The van der Waals surface area contributed by atoms with Crippen molar-refractivity contribution in [3.05, 3.63) is 0 Å². The van der Waals surface area contributed by atoms with E-state index < -0.39 is 0 Å². The van der Waals surface area contributed by atoms with Crippen molar-refractivity contribution in [2.75, 3.05) is 27.2 Å². The zero-order valence-electron chi connectivity index (χ0n) is 12.4. The van der Waals surface area contributed by atoms with Gasteiger partial charge in [-0.05, 0) is 51.1 Å². The van der Waals surface area contributed by atoms with E-state index >= 15 is 0 Å². The fraction of sp³-hybridized carbons (Fsp3) is 0.933. The monoisotopic (exact) mass is 265 g/mol. The zero-order valence-corrected chi connectivity index (χ0v) is 12.4. The lowest BCUT2D eigenvalue weighted by molar-refractivity contribution is -0.136. The van der Waals surface area contributed by atoms with Crippen molar-refractivity contribution >= 4 is 5.91 Å². The van der Waals surface area contributed by atoms with Gasteiger partial charge in [0.05, 0.1) is 5.92 Å². The molecular weight excluding hydrogens is 238 g/mol.